The summed E-state index contributed by atoms with van der Waals surface area (Å²) < 4.78 is 11.2. The number of ether oxygens (including phenoxy) is 1. The van der Waals surface area contributed by atoms with Gasteiger partial charge >= 0.3 is 0 Å². The molecule has 3 N–H and O–H groups in total. The molecule has 0 fully saturated rings. The first kappa shape index (κ1) is 20.2. The van der Waals surface area contributed by atoms with Gasteiger partial charge in [0, 0.05) is 26.4 Å². The maximum Gasteiger partial charge on any atom is 0.216 e. The smallest absolute Gasteiger partial charge is 0.216 e. The van der Waals surface area contributed by atoms with E-state index in [9.17, 15) is 0 Å². The Morgan fingerprint density at radius 3 is 2.93 bits per heavy atom. The van der Waals surface area contributed by atoms with Crippen LogP contribution in [0.1, 0.15) is 11.4 Å². The predicted octanol–water partition coefficient (Wildman–Crippen LogP) is 2.39. The summed E-state index contributed by atoms with van der Waals surface area (Å²) in [6, 6.07) is 11.8. The fourth-order valence-electron chi connectivity index (χ4n) is 3.02. The van der Waals surface area contributed by atoms with E-state index in [4.69, 9.17) is 9.15 Å². The second-order valence-electron chi connectivity index (χ2n) is 6.26. The number of rotatable bonds is 6. The van der Waals surface area contributed by atoms with Crippen LogP contribution in [-0.2, 0) is 12.8 Å². The molecule has 1 aliphatic rings. The molecule has 2 aromatic heterocycles. The summed E-state index contributed by atoms with van der Waals surface area (Å²) in [5, 5.41) is 13.7. The molecule has 0 spiro atoms. The van der Waals surface area contributed by atoms with Crippen molar-refractivity contribution in [3.63, 3.8) is 0 Å². The lowest BCUT2D eigenvalue weighted by atomic mass is 10.1. The van der Waals surface area contributed by atoms with E-state index in [1.165, 1.54) is 5.56 Å². The van der Waals surface area contributed by atoms with Gasteiger partial charge in [0.2, 0.25) is 5.82 Å². The number of hydrogen-bond acceptors (Lipinski definition) is 5. The van der Waals surface area contributed by atoms with Crippen LogP contribution in [-0.4, -0.2) is 47.4 Å². The predicted molar refractivity (Wildman–Crippen MR) is 117 cm³/mol. The second kappa shape index (κ2) is 9.58. The molecular formula is C19H23IN6O2. The van der Waals surface area contributed by atoms with E-state index in [2.05, 4.69) is 36.9 Å². The molecule has 28 heavy (non-hydrogen) atoms. The summed E-state index contributed by atoms with van der Waals surface area (Å²) in [4.78, 5) is 8.68. The van der Waals surface area contributed by atoms with Crippen molar-refractivity contribution in [2.45, 2.75) is 18.9 Å². The molecule has 0 radical (unpaired) electrons. The molecule has 1 atom stereocenters. The van der Waals surface area contributed by atoms with Gasteiger partial charge in [-0.3, -0.25) is 10.1 Å². The minimum atomic E-state index is 0. The Labute approximate surface area is 180 Å². The molecule has 0 aliphatic carbocycles. The number of H-pyrrole nitrogens is 1. The van der Waals surface area contributed by atoms with Crippen LogP contribution < -0.4 is 15.4 Å². The summed E-state index contributed by atoms with van der Waals surface area (Å²) >= 11 is 0. The Balaban J connectivity index is 0.00000225. The van der Waals surface area contributed by atoms with Gasteiger partial charge in [0.25, 0.3) is 0 Å². The van der Waals surface area contributed by atoms with E-state index >= 15 is 0 Å². The lowest BCUT2D eigenvalue weighted by Crippen LogP contribution is -2.42. The van der Waals surface area contributed by atoms with Gasteiger partial charge < -0.3 is 19.8 Å². The van der Waals surface area contributed by atoms with Crippen LogP contribution in [0.5, 0.6) is 5.75 Å². The molecule has 3 heterocycles. The average Bonchev–Trinajstić information content (AvgIpc) is 3.44. The van der Waals surface area contributed by atoms with Gasteiger partial charge in [-0.05, 0) is 23.8 Å². The number of guanidine groups is 1. The lowest BCUT2D eigenvalue weighted by Gasteiger charge is -2.15. The molecule has 1 aliphatic heterocycles. The minimum Gasteiger partial charge on any atom is -0.488 e. The van der Waals surface area contributed by atoms with Crippen molar-refractivity contribution in [3.8, 4) is 17.3 Å². The fourth-order valence-corrected chi connectivity index (χ4v) is 3.02. The third kappa shape index (κ3) is 4.83. The molecule has 8 nitrogen and oxygen atoms in total. The van der Waals surface area contributed by atoms with E-state index in [1.807, 2.05) is 30.3 Å². The Bertz CT molecular complexity index is 884. The number of para-hydroxylation sites is 1. The van der Waals surface area contributed by atoms with Crippen molar-refractivity contribution in [1.29, 1.82) is 0 Å². The molecule has 0 amide bonds. The average molecular weight is 494 g/mol. The van der Waals surface area contributed by atoms with Gasteiger partial charge in [0.05, 0.1) is 12.8 Å². The topological polar surface area (TPSA) is 100 Å². The summed E-state index contributed by atoms with van der Waals surface area (Å²) in [6.45, 7) is 1.37. The molecule has 1 aromatic carbocycles. The standard InChI is InChI=1S/C19H22N6O2.HI/c1-20-19(22-12-14-11-13-5-2-3-6-15(13)27-14)21-9-8-17-23-18(25-24-17)16-7-4-10-26-16;/h2-7,10,14H,8-9,11-12H2,1H3,(H2,20,21,22)(H,23,24,25);1H. The van der Waals surface area contributed by atoms with Crippen molar-refractivity contribution in [2.24, 2.45) is 4.99 Å². The zero-order valence-corrected chi connectivity index (χ0v) is 17.8. The van der Waals surface area contributed by atoms with Crippen molar-refractivity contribution >= 4 is 29.9 Å². The van der Waals surface area contributed by atoms with Crippen LogP contribution in [0.15, 0.2) is 52.1 Å². The van der Waals surface area contributed by atoms with Crippen LogP contribution >= 0.6 is 24.0 Å². The van der Waals surface area contributed by atoms with E-state index in [0.29, 0.717) is 31.1 Å². The van der Waals surface area contributed by atoms with Gasteiger partial charge in [-0.15, -0.1) is 24.0 Å². The molecule has 3 aromatic rings. The number of furan rings is 1. The Morgan fingerprint density at radius 1 is 1.25 bits per heavy atom. The minimum absolute atomic E-state index is 0. The number of nitrogens with zero attached hydrogens (tertiary/aromatic N) is 3. The number of nitrogens with one attached hydrogen (secondary N) is 3. The van der Waals surface area contributed by atoms with Gasteiger partial charge in [0.15, 0.2) is 11.7 Å². The van der Waals surface area contributed by atoms with Crippen LogP contribution in [0.4, 0.5) is 0 Å². The number of aromatic nitrogens is 3. The maximum atomic E-state index is 5.94. The molecule has 0 saturated carbocycles. The van der Waals surface area contributed by atoms with Crippen LogP contribution in [0.3, 0.4) is 0 Å². The van der Waals surface area contributed by atoms with Gasteiger partial charge in [-0.25, -0.2) is 4.98 Å². The number of hydrogen-bond donors (Lipinski definition) is 3. The monoisotopic (exact) mass is 494 g/mol. The molecule has 9 heteroatoms. The zero-order chi connectivity index (χ0) is 18.5. The number of aliphatic imine (C=N–C) groups is 1. The number of halogens is 1. The molecule has 0 saturated heterocycles. The lowest BCUT2D eigenvalue weighted by molar-refractivity contribution is 0.235. The SMILES string of the molecule is CN=C(NCCc1nc(-c2ccco2)n[nH]1)NCC1Cc2ccccc2O1.I. The summed E-state index contributed by atoms with van der Waals surface area (Å²) in [7, 11) is 1.75. The second-order valence-corrected chi connectivity index (χ2v) is 6.26. The fraction of sp³-hybridized carbons (Fsp3) is 0.316. The van der Waals surface area contributed by atoms with E-state index in [1.54, 1.807) is 13.3 Å². The third-order valence-electron chi connectivity index (χ3n) is 4.36. The maximum absolute atomic E-state index is 5.94. The van der Waals surface area contributed by atoms with E-state index in [-0.39, 0.29) is 30.1 Å². The largest absolute Gasteiger partial charge is 0.488 e. The molecule has 148 valence electrons. The zero-order valence-electron chi connectivity index (χ0n) is 15.5. The highest BCUT2D eigenvalue weighted by molar-refractivity contribution is 14.0. The molecule has 0 bridgehead atoms. The van der Waals surface area contributed by atoms with Crippen LogP contribution in [0, 0.1) is 0 Å². The first-order valence-electron chi connectivity index (χ1n) is 8.96. The van der Waals surface area contributed by atoms with Crippen molar-refractivity contribution in [2.75, 3.05) is 20.1 Å². The highest BCUT2D eigenvalue weighted by Gasteiger charge is 2.22. The normalized spacial score (nSPS) is 15.5. The first-order valence-corrected chi connectivity index (χ1v) is 8.96. The summed E-state index contributed by atoms with van der Waals surface area (Å²) in [5.74, 6) is 3.72. The third-order valence-corrected chi connectivity index (χ3v) is 4.36. The summed E-state index contributed by atoms with van der Waals surface area (Å²) in [5.41, 5.74) is 1.25. The number of fused-ring (bicyclic) bond motifs is 1. The van der Waals surface area contributed by atoms with Crippen molar-refractivity contribution in [1.82, 2.24) is 25.8 Å². The van der Waals surface area contributed by atoms with E-state index in [0.717, 1.165) is 24.0 Å². The Morgan fingerprint density at radius 2 is 2.14 bits per heavy atom. The first-order chi connectivity index (χ1) is 13.3. The molecular weight excluding hydrogens is 471 g/mol. The number of aromatic amines is 1. The molecule has 1 unspecified atom stereocenters. The Kier molecular flexibility index (Phi) is 6.90. The van der Waals surface area contributed by atoms with E-state index < -0.39 is 0 Å². The highest BCUT2D eigenvalue weighted by Crippen LogP contribution is 2.27. The molecule has 4 rings (SSSR count). The van der Waals surface area contributed by atoms with Crippen molar-refractivity contribution in [3.05, 3.63) is 54.0 Å². The Hall–Kier alpha value is -2.56. The number of benzene rings is 1. The summed E-state index contributed by atoms with van der Waals surface area (Å²) in [6.07, 6.45) is 3.33. The van der Waals surface area contributed by atoms with Crippen molar-refractivity contribution < 1.29 is 9.15 Å². The van der Waals surface area contributed by atoms with Gasteiger partial charge in [0.1, 0.15) is 17.7 Å². The van der Waals surface area contributed by atoms with Crippen LogP contribution in [0.25, 0.3) is 11.6 Å². The van der Waals surface area contributed by atoms with Gasteiger partial charge in [-0.1, -0.05) is 18.2 Å². The van der Waals surface area contributed by atoms with Crippen LogP contribution in [0.2, 0.25) is 0 Å². The quantitative estimate of drug-likeness (QED) is 0.277. The van der Waals surface area contributed by atoms with Gasteiger partial charge in [-0.2, -0.15) is 5.10 Å². The highest BCUT2D eigenvalue weighted by atomic mass is 127.